The summed E-state index contributed by atoms with van der Waals surface area (Å²) in [6.07, 6.45) is 96.8. The van der Waals surface area contributed by atoms with Gasteiger partial charge in [-0.15, -0.1) is 0 Å². The van der Waals surface area contributed by atoms with E-state index in [0.717, 1.165) is 128 Å². The number of unbranched alkanes of at least 4 members (excludes halogenated alkanes) is 35. The van der Waals surface area contributed by atoms with Gasteiger partial charge in [-0.1, -0.05) is 323 Å². The van der Waals surface area contributed by atoms with Gasteiger partial charge < -0.3 is 14.2 Å². The van der Waals surface area contributed by atoms with Gasteiger partial charge in [-0.05, 0) is 109 Å². The molecule has 0 amide bonds. The fourth-order valence-corrected chi connectivity index (χ4v) is 9.99. The summed E-state index contributed by atoms with van der Waals surface area (Å²) in [5.41, 5.74) is 0. The summed E-state index contributed by atoms with van der Waals surface area (Å²) < 4.78 is 17.0. The number of hydrogen-bond acceptors (Lipinski definition) is 6. The molecule has 0 N–H and O–H groups in total. The smallest absolute Gasteiger partial charge is 0.306 e. The van der Waals surface area contributed by atoms with Crippen molar-refractivity contribution in [2.75, 3.05) is 13.2 Å². The standard InChI is InChI=1S/C77H132O6/c1-4-7-10-13-16-19-22-25-28-30-32-34-35-36-37-38-39-40-41-43-44-46-49-52-55-58-61-64-67-70-76(79)82-73-74(72-81-75(78)69-66-63-60-57-54-51-48-27-24-21-18-15-12-9-6-3)83-77(80)71-68-65-62-59-56-53-50-47-45-42-33-31-29-26-23-20-17-14-11-8-5-2/h7,10,16,19,25,27-28,32,34,36-37,39-40,43-44,48-49,52,74H,4-6,8-9,11-15,17-18,20-24,26,29-31,33,35,38,41-42,45-47,50-51,53-73H2,1-3H3/b10-7-,19-16-,28-25-,34-32-,37-36-,40-39-,44-43-,48-27-,52-49-. The molecule has 0 fully saturated rings. The quantitative estimate of drug-likeness (QED) is 0.0261. The molecule has 0 aromatic rings. The maximum absolute atomic E-state index is 13.0. The topological polar surface area (TPSA) is 78.9 Å². The molecule has 0 aliphatic carbocycles. The third kappa shape index (κ3) is 68.7. The third-order valence-electron chi connectivity index (χ3n) is 15.3. The second kappa shape index (κ2) is 70.6. The summed E-state index contributed by atoms with van der Waals surface area (Å²) in [5, 5.41) is 0. The summed E-state index contributed by atoms with van der Waals surface area (Å²) in [4.78, 5) is 38.4. The average molecular weight is 1150 g/mol. The summed E-state index contributed by atoms with van der Waals surface area (Å²) in [6, 6.07) is 0. The second-order valence-electron chi connectivity index (χ2n) is 23.4. The molecule has 0 aromatic heterocycles. The molecule has 83 heavy (non-hydrogen) atoms. The Morgan fingerprint density at radius 2 is 0.470 bits per heavy atom. The van der Waals surface area contributed by atoms with Crippen molar-refractivity contribution in [1.82, 2.24) is 0 Å². The minimum Gasteiger partial charge on any atom is -0.462 e. The predicted octanol–water partition coefficient (Wildman–Crippen LogP) is 24.6. The van der Waals surface area contributed by atoms with Crippen molar-refractivity contribution < 1.29 is 28.6 Å². The van der Waals surface area contributed by atoms with Crippen molar-refractivity contribution in [3.63, 3.8) is 0 Å². The van der Waals surface area contributed by atoms with E-state index in [2.05, 4.69) is 130 Å². The van der Waals surface area contributed by atoms with Crippen molar-refractivity contribution in [2.45, 2.75) is 348 Å². The fraction of sp³-hybridized carbons (Fsp3) is 0.727. The first-order chi connectivity index (χ1) is 41.0. The van der Waals surface area contributed by atoms with E-state index in [0.29, 0.717) is 19.3 Å². The van der Waals surface area contributed by atoms with Gasteiger partial charge in [0.25, 0.3) is 0 Å². The molecule has 0 heterocycles. The molecule has 0 aliphatic heterocycles. The summed E-state index contributed by atoms with van der Waals surface area (Å²) >= 11 is 0. The molecule has 1 unspecified atom stereocenters. The van der Waals surface area contributed by atoms with E-state index in [-0.39, 0.29) is 31.1 Å². The Morgan fingerprint density at radius 3 is 0.747 bits per heavy atom. The van der Waals surface area contributed by atoms with Crippen molar-refractivity contribution in [3.8, 4) is 0 Å². The van der Waals surface area contributed by atoms with Crippen LogP contribution in [0.2, 0.25) is 0 Å². The normalized spacial score (nSPS) is 12.8. The van der Waals surface area contributed by atoms with E-state index in [1.807, 2.05) is 0 Å². The molecule has 0 bridgehead atoms. The zero-order valence-corrected chi connectivity index (χ0v) is 54.7. The number of esters is 3. The van der Waals surface area contributed by atoms with E-state index in [4.69, 9.17) is 14.2 Å². The first-order valence-electron chi connectivity index (χ1n) is 35.4. The zero-order chi connectivity index (χ0) is 59.9. The van der Waals surface area contributed by atoms with Gasteiger partial charge in [-0.3, -0.25) is 14.4 Å². The van der Waals surface area contributed by atoms with Gasteiger partial charge >= 0.3 is 17.9 Å². The number of hydrogen-bond donors (Lipinski definition) is 0. The predicted molar refractivity (Wildman–Crippen MR) is 362 cm³/mol. The highest BCUT2D eigenvalue weighted by molar-refractivity contribution is 5.71. The van der Waals surface area contributed by atoms with Crippen LogP contribution in [0.25, 0.3) is 0 Å². The highest BCUT2D eigenvalue weighted by Crippen LogP contribution is 2.17. The Kier molecular flexibility index (Phi) is 67.2. The van der Waals surface area contributed by atoms with Crippen LogP contribution in [0, 0.1) is 0 Å². The molecule has 0 aromatic carbocycles. The van der Waals surface area contributed by atoms with E-state index in [1.54, 1.807) is 0 Å². The molecule has 0 saturated heterocycles. The highest BCUT2D eigenvalue weighted by atomic mass is 16.6. The fourth-order valence-electron chi connectivity index (χ4n) is 9.99. The van der Waals surface area contributed by atoms with Gasteiger partial charge in [-0.2, -0.15) is 0 Å². The van der Waals surface area contributed by atoms with Gasteiger partial charge in [0.15, 0.2) is 6.10 Å². The zero-order valence-electron chi connectivity index (χ0n) is 54.7. The highest BCUT2D eigenvalue weighted by Gasteiger charge is 2.19. The molecule has 476 valence electrons. The van der Waals surface area contributed by atoms with Crippen molar-refractivity contribution in [2.24, 2.45) is 0 Å². The molecular weight excluding hydrogens is 1020 g/mol. The van der Waals surface area contributed by atoms with Crippen molar-refractivity contribution in [1.29, 1.82) is 0 Å². The number of allylic oxidation sites excluding steroid dienone is 18. The van der Waals surface area contributed by atoms with E-state index >= 15 is 0 Å². The maximum atomic E-state index is 13.0. The van der Waals surface area contributed by atoms with Crippen LogP contribution in [0.4, 0.5) is 0 Å². The minimum absolute atomic E-state index is 0.0883. The second-order valence-corrected chi connectivity index (χ2v) is 23.4. The molecule has 6 heteroatoms. The number of carbonyl (C=O) groups excluding carboxylic acids is 3. The van der Waals surface area contributed by atoms with Crippen LogP contribution in [-0.4, -0.2) is 37.2 Å². The summed E-state index contributed by atoms with van der Waals surface area (Å²) in [5.74, 6) is -0.906. The number of carbonyl (C=O) groups is 3. The Bertz CT molecular complexity index is 1660. The Balaban J connectivity index is 4.39. The van der Waals surface area contributed by atoms with Crippen LogP contribution in [0.15, 0.2) is 109 Å². The summed E-state index contributed by atoms with van der Waals surface area (Å²) in [6.45, 7) is 6.54. The Hall–Kier alpha value is -3.93. The Labute approximate surface area is 514 Å². The number of ether oxygens (including phenoxy) is 3. The molecule has 0 radical (unpaired) electrons. The average Bonchev–Trinajstić information content (AvgIpc) is 3.49. The third-order valence-corrected chi connectivity index (χ3v) is 15.3. The van der Waals surface area contributed by atoms with Crippen LogP contribution in [0.1, 0.15) is 342 Å². The monoisotopic (exact) mass is 1150 g/mol. The van der Waals surface area contributed by atoms with Crippen LogP contribution in [0.5, 0.6) is 0 Å². The molecule has 0 spiro atoms. The minimum atomic E-state index is -0.794. The molecule has 0 rings (SSSR count). The lowest BCUT2D eigenvalue weighted by molar-refractivity contribution is -0.167. The maximum Gasteiger partial charge on any atom is 0.306 e. The van der Waals surface area contributed by atoms with Gasteiger partial charge in [0, 0.05) is 19.3 Å². The molecule has 0 aliphatic rings. The molecule has 6 nitrogen and oxygen atoms in total. The Morgan fingerprint density at radius 1 is 0.253 bits per heavy atom. The lowest BCUT2D eigenvalue weighted by atomic mass is 10.0. The lowest BCUT2D eigenvalue weighted by Gasteiger charge is -2.18. The van der Waals surface area contributed by atoms with Crippen LogP contribution >= 0.6 is 0 Å². The molecule has 1 atom stereocenters. The van der Waals surface area contributed by atoms with Gasteiger partial charge in [0.1, 0.15) is 13.2 Å². The van der Waals surface area contributed by atoms with Gasteiger partial charge in [-0.25, -0.2) is 0 Å². The van der Waals surface area contributed by atoms with E-state index in [1.165, 1.54) is 173 Å². The van der Waals surface area contributed by atoms with Crippen LogP contribution < -0.4 is 0 Å². The van der Waals surface area contributed by atoms with Gasteiger partial charge in [0.05, 0.1) is 0 Å². The van der Waals surface area contributed by atoms with Gasteiger partial charge in [0.2, 0.25) is 0 Å². The summed E-state index contributed by atoms with van der Waals surface area (Å²) in [7, 11) is 0. The van der Waals surface area contributed by atoms with Crippen molar-refractivity contribution in [3.05, 3.63) is 109 Å². The van der Waals surface area contributed by atoms with Crippen LogP contribution in [-0.2, 0) is 28.6 Å². The van der Waals surface area contributed by atoms with Crippen LogP contribution in [0.3, 0.4) is 0 Å². The van der Waals surface area contributed by atoms with Crippen molar-refractivity contribution >= 4 is 17.9 Å². The van der Waals surface area contributed by atoms with E-state index in [9.17, 15) is 14.4 Å². The first kappa shape index (κ1) is 79.1. The SMILES string of the molecule is CC/C=C\C/C=C\C/C=C\C/C=C\C/C=C\C/C=C\C/C=C\C/C=C\CCCCCCC(=O)OCC(COC(=O)CCCCCCC/C=C\CCCCCCCC)OC(=O)CCCCCCCCCCCCCCCCCCCCCCC. The molecule has 0 saturated carbocycles. The number of rotatable bonds is 64. The first-order valence-corrected chi connectivity index (χ1v) is 35.4. The molecular formula is C77H132O6. The largest absolute Gasteiger partial charge is 0.462 e. The van der Waals surface area contributed by atoms with E-state index < -0.39 is 6.10 Å². The lowest BCUT2D eigenvalue weighted by Crippen LogP contribution is -2.30.